The van der Waals surface area contributed by atoms with E-state index in [1.165, 1.54) is 0 Å². The monoisotopic (exact) mass is 326 g/mol. The molecule has 0 unspecified atom stereocenters. The minimum atomic E-state index is -0.105. The van der Waals surface area contributed by atoms with Gasteiger partial charge in [-0.1, -0.05) is 18.2 Å². The number of nitrogens with zero attached hydrogens (tertiary/aromatic N) is 3. The van der Waals surface area contributed by atoms with Crippen LogP contribution in [0.2, 0.25) is 0 Å². The van der Waals surface area contributed by atoms with Gasteiger partial charge in [0.15, 0.2) is 0 Å². The van der Waals surface area contributed by atoms with Crippen LogP contribution in [-0.2, 0) is 0 Å². The van der Waals surface area contributed by atoms with Gasteiger partial charge < -0.3 is 14.5 Å². The summed E-state index contributed by atoms with van der Waals surface area (Å²) in [6, 6.07) is 13.4. The van der Waals surface area contributed by atoms with E-state index in [1.54, 1.807) is 12.3 Å². The van der Waals surface area contributed by atoms with Crippen LogP contribution in [0, 0.1) is 0 Å². The van der Waals surface area contributed by atoms with Gasteiger partial charge in [-0.25, -0.2) is 9.78 Å². The van der Waals surface area contributed by atoms with E-state index in [4.69, 9.17) is 4.74 Å². The third-order valence-electron chi connectivity index (χ3n) is 3.97. The molecule has 1 aromatic heterocycles. The first-order chi connectivity index (χ1) is 11.8. The van der Waals surface area contributed by atoms with Crippen LogP contribution in [0.4, 0.5) is 16.3 Å². The molecule has 3 rings (SSSR count). The fourth-order valence-corrected chi connectivity index (χ4v) is 2.77. The minimum absolute atomic E-state index is 0.105. The second-order valence-electron chi connectivity index (χ2n) is 5.52. The molecule has 0 saturated carbocycles. The zero-order chi connectivity index (χ0) is 16.8. The van der Waals surface area contributed by atoms with Crippen LogP contribution in [0.5, 0.6) is 5.75 Å². The Balaban J connectivity index is 1.59. The number of carbonyl (C=O) groups excluding carboxylic acids is 1. The molecule has 2 amide bonds. The lowest BCUT2D eigenvalue weighted by molar-refractivity contribution is 0.208. The molecule has 1 aromatic carbocycles. The van der Waals surface area contributed by atoms with E-state index < -0.39 is 0 Å². The summed E-state index contributed by atoms with van der Waals surface area (Å²) >= 11 is 0. The zero-order valence-corrected chi connectivity index (χ0v) is 13.8. The Morgan fingerprint density at radius 2 is 1.88 bits per heavy atom. The molecule has 6 heteroatoms. The molecule has 2 heterocycles. The van der Waals surface area contributed by atoms with Gasteiger partial charge in [-0.3, -0.25) is 5.32 Å². The van der Waals surface area contributed by atoms with Gasteiger partial charge in [0.2, 0.25) is 0 Å². The topological polar surface area (TPSA) is 57.7 Å². The molecule has 1 fully saturated rings. The quantitative estimate of drug-likeness (QED) is 0.939. The lowest BCUT2D eigenvalue weighted by Gasteiger charge is -2.36. The van der Waals surface area contributed by atoms with Crippen LogP contribution in [0.3, 0.4) is 0 Å². The molecule has 0 aliphatic carbocycles. The second kappa shape index (κ2) is 7.68. The van der Waals surface area contributed by atoms with Crippen molar-refractivity contribution in [2.45, 2.75) is 6.92 Å². The number of rotatable bonds is 4. The van der Waals surface area contributed by atoms with Gasteiger partial charge in [-0.15, -0.1) is 0 Å². The van der Waals surface area contributed by atoms with Gasteiger partial charge in [0.25, 0.3) is 0 Å². The lowest BCUT2D eigenvalue weighted by Crippen LogP contribution is -2.50. The van der Waals surface area contributed by atoms with Gasteiger partial charge in [0.05, 0.1) is 12.3 Å². The Bertz CT molecular complexity index is 670. The number of piperazine rings is 1. The molecular formula is C18H22N4O2. The fourth-order valence-electron chi connectivity index (χ4n) is 2.77. The molecule has 1 N–H and O–H groups in total. The largest absolute Gasteiger partial charge is 0.492 e. The summed E-state index contributed by atoms with van der Waals surface area (Å²) in [6.45, 7) is 5.51. The predicted octanol–water partition coefficient (Wildman–Crippen LogP) is 2.83. The zero-order valence-electron chi connectivity index (χ0n) is 13.8. The summed E-state index contributed by atoms with van der Waals surface area (Å²) < 4.78 is 5.70. The molecule has 0 atom stereocenters. The van der Waals surface area contributed by atoms with Crippen LogP contribution in [-0.4, -0.2) is 48.7 Å². The average Bonchev–Trinajstić information content (AvgIpc) is 2.63. The summed E-state index contributed by atoms with van der Waals surface area (Å²) in [4.78, 5) is 20.5. The lowest BCUT2D eigenvalue weighted by atomic mass is 10.2. The summed E-state index contributed by atoms with van der Waals surface area (Å²) in [7, 11) is 0. The second-order valence-corrected chi connectivity index (χ2v) is 5.52. The molecule has 6 nitrogen and oxygen atoms in total. The number of hydrogen-bond donors (Lipinski definition) is 1. The highest BCUT2D eigenvalue weighted by atomic mass is 16.5. The molecule has 0 bridgehead atoms. The van der Waals surface area contributed by atoms with Crippen molar-refractivity contribution in [1.82, 2.24) is 9.88 Å². The summed E-state index contributed by atoms with van der Waals surface area (Å²) in [5.41, 5.74) is 1.09. The number of pyridine rings is 1. The molecule has 2 aromatic rings. The van der Waals surface area contributed by atoms with Gasteiger partial charge in [0.1, 0.15) is 11.6 Å². The highest BCUT2D eigenvalue weighted by molar-refractivity contribution is 5.88. The highest BCUT2D eigenvalue weighted by Crippen LogP contribution is 2.28. The number of aromatic nitrogens is 1. The summed E-state index contributed by atoms with van der Waals surface area (Å²) in [6.07, 6.45) is 1.66. The molecule has 1 saturated heterocycles. The van der Waals surface area contributed by atoms with Gasteiger partial charge in [-0.05, 0) is 31.2 Å². The number of para-hydroxylation sites is 2. The molecule has 1 aliphatic rings. The summed E-state index contributed by atoms with van der Waals surface area (Å²) in [5.74, 6) is 1.47. The van der Waals surface area contributed by atoms with Crippen molar-refractivity contribution in [3.8, 4) is 5.75 Å². The first-order valence-electron chi connectivity index (χ1n) is 8.21. The van der Waals surface area contributed by atoms with E-state index in [2.05, 4.69) is 21.3 Å². The van der Waals surface area contributed by atoms with E-state index in [0.717, 1.165) is 24.5 Å². The third kappa shape index (κ3) is 3.76. The van der Waals surface area contributed by atoms with E-state index >= 15 is 0 Å². The first-order valence-corrected chi connectivity index (χ1v) is 8.21. The molecule has 24 heavy (non-hydrogen) atoms. The normalized spacial score (nSPS) is 14.4. The number of ether oxygens (including phenoxy) is 1. The Labute approximate surface area is 142 Å². The fraction of sp³-hybridized carbons (Fsp3) is 0.333. The number of benzene rings is 1. The SMILES string of the molecule is CCOc1ccccc1N1CCN(C(=O)Nc2ccccn2)CC1. The standard InChI is InChI=1S/C18H22N4O2/c1-2-24-16-8-4-3-7-15(16)21-11-13-22(14-12-21)18(23)20-17-9-5-6-10-19-17/h3-10H,2,11-14H2,1H3,(H,19,20,23). The van der Waals surface area contributed by atoms with E-state index in [9.17, 15) is 4.79 Å². The molecule has 0 spiro atoms. The van der Waals surface area contributed by atoms with Crippen molar-refractivity contribution in [3.05, 3.63) is 48.7 Å². The molecule has 126 valence electrons. The minimum Gasteiger partial charge on any atom is -0.492 e. The molecule has 1 aliphatic heterocycles. The molecular weight excluding hydrogens is 304 g/mol. The Morgan fingerprint density at radius 1 is 1.12 bits per heavy atom. The predicted molar refractivity (Wildman–Crippen MR) is 94.7 cm³/mol. The van der Waals surface area contributed by atoms with Crippen molar-refractivity contribution >= 4 is 17.5 Å². The third-order valence-corrected chi connectivity index (χ3v) is 3.97. The Hall–Kier alpha value is -2.76. The van der Waals surface area contributed by atoms with Crippen molar-refractivity contribution < 1.29 is 9.53 Å². The maximum atomic E-state index is 12.3. The van der Waals surface area contributed by atoms with Crippen LogP contribution in [0.25, 0.3) is 0 Å². The van der Waals surface area contributed by atoms with Crippen molar-refractivity contribution in [2.75, 3.05) is 43.0 Å². The number of urea groups is 1. The highest BCUT2D eigenvalue weighted by Gasteiger charge is 2.23. The van der Waals surface area contributed by atoms with Gasteiger partial charge >= 0.3 is 6.03 Å². The van der Waals surface area contributed by atoms with Crippen molar-refractivity contribution in [1.29, 1.82) is 0 Å². The number of carbonyl (C=O) groups is 1. The summed E-state index contributed by atoms with van der Waals surface area (Å²) in [5, 5.41) is 2.83. The first kappa shape index (κ1) is 16.1. The Morgan fingerprint density at radius 3 is 2.58 bits per heavy atom. The van der Waals surface area contributed by atoms with E-state index in [-0.39, 0.29) is 6.03 Å². The van der Waals surface area contributed by atoms with Crippen LogP contribution in [0.15, 0.2) is 48.7 Å². The van der Waals surface area contributed by atoms with E-state index in [0.29, 0.717) is 25.5 Å². The smallest absolute Gasteiger partial charge is 0.323 e. The van der Waals surface area contributed by atoms with E-state index in [1.807, 2.05) is 42.2 Å². The number of nitrogens with one attached hydrogen (secondary N) is 1. The maximum absolute atomic E-state index is 12.3. The average molecular weight is 326 g/mol. The number of anilines is 2. The molecule has 0 radical (unpaired) electrons. The van der Waals surface area contributed by atoms with Crippen molar-refractivity contribution in [3.63, 3.8) is 0 Å². The van der Waals surface area contributed by atoms with Crippen LogP contribution >= 0.6 is 0 Å². The van der Waals surface area contributed by atoms with Crippen LogP contribution < -0.4 is 15.0 Å². The van der Waals surface area contributed by atoms with Crippen LogP contribution in [0.1, 0.15) is 6.92 Å². The van der Waals surface area contributed by atoms with Crippen molar-refractivity contribution in [2.24, 2.45) is 0 Å². The van der Waals surface area contributed by atoms with Gasteiger partial charge in [0, 0.05) is 32.4 Å². The number of amides is 2. The number of hydrogen-bond acceptors (Lipinski definition) is 4. The Kier molecular flexibility index (Phi) is 5.15. The van der Waals surface area contributed by atoms with Gasteiger partial charge in [-0.2, -0.15) is 0 Å². The maximum Gasteiger partial charge on any atom is 0.323 e.